The lowest BCUT2D eigenvalue weighted by Crippen LogP contribution is -2.17. The first-order chi connectivity index (χ1) is 6.66. The Bertz CT molecular complexity index is 291. The van der Waals surface area contributed by atoms with Crippen LogP contribution in [0.1, 0.15) is 19.8 Å². The van der Waals surface area contributed by atoms with E-state index in [1.807, 2.05) is 0 Å². The van der Waals surface area contributed by atoms with Crippen LogP contribution in [0.3, 0.4) is 0 Å². The van der Waals surface area contributed by atoms with Gasteiger partial charge in [0.15, 0.2) is 0 Å². The van der Waals surface area contributed by atoms with Crippen LogP contribution in [0, 0.1) is 17.8 Å². The molecule has 2 rings (SSSR count). The SMILES string of the molecule is C=C(C)C(=O)OC[C@H]1C[C@H]2C=C[C@@H]1C2. The summed E-state index contributed by atoms with van der Waals surface area (Å²) in [5.74, 6) is 1.69. The average molecular weight is 192 g/mol. The minimum absolute atomic E-state index is 0.253. The van der Waals surface area contributed by atoms with Crippen molar-refractivity contribution in [2.24, 2.45) is 17.8 Å². The van der Waals surface area contributed by atoms with E-state index in [0.717, 1.165) is 5.92 Å². The predicted octanol–water partition coefficient (Wildman–Crippen LogP) is 2.32. The van der Waals surface area contributed by atoms with Crippen LogP contribution in [0.5, 0.6) is 0 Å². The lowest BCUT2D eigenvalue weighted by Gasteiger charge is -2.17. The number of rotatable bonds is 3. The van der Waals surface area contributed by atoms with E-state index in [1.54, 1.807) is 6.92 Å². The molecule has 2 aliphatic carbocycles. The van der Waals surface area contributed by atoms with Crippen LogP contribution < -0.4 is 0 Å². The number of hydrogen-bond acceptors (Lipinski definition) is 2. The van der Waals surface area contributed by atoms with E-state index in [9.17, 15) is 4.79 Å². The maximum Gasteiger partial charge on any atom is 0.333 e. The molecule has 0 aromatic carbocycles. The van der Waals surface area contributed by atoms with E-state index >= 15 is 0 Å². The number of ether oxygens (including phenoxy) is 1. The molecule has 0 heterocycles. The molecule has 2 aliphatic rings. The van der Waals surface area contributed by atoms with Crippen molar-refractivity contribution in [2.45, 2.75) is 19.8 Å². The Morgan fingerprint density at radius 1 is 1.50 bits per heavy atom. The minimum atomic E-state index is -0.253. The molecule has 0 aliphatic heterocycles. The smallest absolute Gasteiger partial charge is 0.333 e. The maximum absolute atomic E-state index is 11.2. The summed E-state index contributed by atoms with van der Waals surface area (Å²) >= 11 is 0. The van der Waals surface area contributed by atoms with Crippen molar-refractivity contribution in [2.75, 3.05) is 6.61 Å². The van der Waals surface area contributed by atoms with Crippen LogP contribution in [-0.2, 0) is 9.53 Å². The summed E-state index contributed by atoms with van der Waals surface area (Å²) in [5.41, 5.74) is 0.490. The summed E-state index contributed by atoms with van der Waals surface area (Å²) in [6.45, 7) is 5.81. The van der Waals surface area contributed by atoms with E-state index in [2.05, 4.69) is 18.7 Å². The average Bonchev–Trinajstić information content (AvgIpc) is 2.74. The number of carbonyl (C=O) groups excluding carboxylic acids is 1. The largest absolute Gasteiger partial charge is 0.462 e. The van der Waals surface area contributed by atoms with E-state index in [0.29, 0.717) is 24.0 Å². The molecule has 14 heavy (non-hydrogen) atoms. The molecule has 0 amide bonds. The van der Waals surface area contributed by atoms with Crippen LogP contribution in [0.25, 0.3) is 0 Å². The van der Waals surface area contributed by atoms with Gasteiger partial charge in [0, 0.05) is 5.57 Å². The molecule has 76 valence electrons. The fourth-order valence-corrected chi connectivity index (χ4v) is 2.39. The molecule has 0 aromatic heterocycles. The summed E-state index contributed by atoms with van der Waals surface area (Å²) < 4.78 is 5.17. The highest BCUT2D eigenvalue weighted by Crippen LogP contribution is 2.43. The van der Waals surface area contributed by atoms with Crippen molar-refractivity contribution in [3.8, 4) is 0 Å². The summed E-state index contributed by atoms with van der Waals surface area (Å²) in [5, 5.41) is 0. The van der Waals surface area contributed by atoms with Gasteiger partial charge in [-0.1, -0.05) is 18.7 Å². The molecule has 2 bridgehead atoms. The van der Waals surface area contributed by atoms with Gasteiger partial charge in [-0.15, -0.1) is 0 Å². The molecule has 0 unspecified atom stereocenters. The Morgan fingerprint density at radius 3 is 2.79 bits per heavy atom. The molecule has 0 spiro atoms. The van der Waals surface area contributed by atoms with Crippen LogP contribution >= 0.6 is 0 Å². The first-order valence-corrected chi connectivity index (χ1v) is 5.18. The minimum Gasteiger partial charge on any atom is -0.462 e. The summed E-state index contributed by atoms with van der Waals surface area (Å²) in [4.78, 5) is 11.2. The summed E-state index contributed by atoms with van der Waals surface area (Å²) in [6, 6.07) is 0. The maximum atomic E-state index is 11.2. The van der Waals surface area contributed by atoms with Crippen LogP contribution in [0.2, 0.25) is 0 Å². The fourth-order valence-electron chi connectivity index (χ4n) is 2.39. The normalized spacial score (nSPS) is 33.4. The van der Waals surface area contributed by atoms with Crippen LogP contribution in [0.4, 0.5) is 0 Å². The molecule has 2 nitrogen and oxygen atoms in total. The summed E-state index contributed by atoms with van der Waals surface area (Å²) in [6.07, 6.45) is 7.01. The second kappa shape index (κ2) is 3.60. The van der Waals surface area contributed by atoms with Gasteiger partial charge in [-0.3, -0.25) is 0 Å². The van der Waals surface area contributed by atoms with Crippen molar-refractivity contribution >= 4 is 5.97 Å². The molecule has 3 atom stereocenters. The second-order valence-corrected chi connectivity index (χ2v) is 4.42. The molecule has 1 fully saturated rings. The Labute approximate surface area is 84.6 Å². The van der Waals surface area contributed by atoms with Gasteiger partial charge >= 0.3 is 5.97 Å². The standard InChI is InChI=1S/C12H16O2/c1-8(2)12(13)14-7-11-6-9-3-4-10(11)5-9/h3-4,9-11H,1,5-7H2,2H3/t9-,10+,11+/m0/s1. The molecular weight excluding hydrogens is 176 g/mol. The van der Waals surface area contributed by atoms with Crippen molar-refractivity contribution in [1.82, 2.24) is 0 Å². The molecule has 2 heteroatoms. The molecule has 0 radical (unpaired) electrons. The zero-order valence-corrected chi connectivity index (χ0v) is 8.53. The van der Waals surface area contributed by atoms with E-state index < -0.39 is 0 Å². The van der Waals surface area contributed by atoms with Gasteiger partial charge in [0.05, 0.1) is 6.61 Å². The third-order valence-electron chi connectivity index (χ3n) is 3.19. The molecule has 1 saturated carbocycles. The van der Waals surface area contributed by atoms with E-state index in [4.69, 9.17) is 4.74 Å². The third-order valence-corrected chi connectivity index (χ3v) is 3.19. The van der Waals surface area contributed by atoms with Gasteiger partial charge in [-0.05, 0) is 37.5 Å². The highest BCUT2D eigenvalue weighted by Gasteiger charge is 2.36. The lowest BCUT2D eigenvalue weighted by atomic mass is 9.95. The summed E-state index contributed by atoms with van der Waals surface area (Å²) in [7, 11) is 0. The van der Waals surface area contributed by atoms with Crippen molar-refractivity contribution in [3.63, 3.8) is 0 Å². The number of hydrogen-bond donors (Lipinski definition) is 0. The topological polar surface area (TPSA) is 26.3 Å². The van der Waals surface area contributed by atoms with Gasteiger partial charge in [-0.25, -0.2) is 4.79 Å². The Balaban J connectivity index is 1.80. The fraction of sp³-hybridized carbons (Fsp3) is 0.583. The molecule has 0 N–H and O–H groups in total. The molecule has 0 aromatic rings. The van der Waals surface area contributed by atoms with Gasteiger partial charge in [0.1, 0.15) is 0 Å². The predicted molar refractivity (Wildman–Crippen MR) is 54.6 cm³/mol. The lowest BCUT2D eigenvalue weighted by molar-refractivity contribution is -0.140. The zero-order chi connectivity index (χ0) is 10.1. The highest BCUT2D eigenvalue weighted by atomic mass is 16.5. The quantitative estimate of drug-likeness (QED) is 0.389. The van der Waals surface area contributed by atoms with Gasteiger partial charge in [0.25, 0.3) is 0 Å². The molecule has 0 saturated heterocycles. The Kier molecular flexibility index (Phi) is 2.44. The zero-order valence-electron chi connectivity index (χ0n) is 8.53. The van der Waals surface area contributed by atoms with Crippen molar-refractivity contribution in [3.05, 3.63) is 24.3 Å². The monoisotopic (exact) mass is 192 g/mol. The first-order valence-electron chi connectivity index (χ1n) is 5.18. The third kappa shape index (κ3) is 1.74. The Hall–Kier alpha value is -1.05. The second-order valence-electron chi connectivity index (χ2n) is 4.42. The van der Waals surface area contributed by atoms with Crippen LogP contribution in [-0.4, -0.2) is 12.6 Å². The van der Waals surface area contributed by atoms with Crippen molar-refractivity contribution in [1.29, 1.82) is 0 Å². The first kappa shape index (κ1) is 9.50. The number of allylic oxidation sites excluding steroid dienone is 2. The van der Waals surface area contributed by atoms with Gasteiger partial charge < -0.3 is 4.74 Å². The number of esters is 1. The van der Waals surface area contributed by atoms with Gasteiger partial charge in [-0.2, -0.15) is 0 Å². The highest BCUT2D eigenvalue weighted by molar-refractivity contribution is 5.86. The van der Waals surface area contributed by atoms with Crippen LogP contribution in [0.15, 0.2) is 24.3 Å². The van der Waals surface area contributed by atoms with Gasteiger partial charge in [0.2, 0.25) is 0 Å². The van der Waals surface area contributed by atoms with Crippen molar-refractivity contribution < 1.29 is 9.53 Å². The van der Waals surface area contributed by atoms with E-state index in [1.165, 1.54) is 12.8 Å². The van der Waals surface area contributed by atoms with E-state index in [-0.39, 0.29) is 5.97 Å². The number of carbonyl (C=O) groups is 1. The molecular formula is C12H16O2. The number of fused-ring (bicyclic) bond motifs is 2. The Morgan fingerprint density at radius 2 is 2.29 bits per heavy atom.